The summed E-state index contributed by atoms with van der Waals surface area (Å²) in [6.45, 7) is 7.80. The zero-order valence-electron chi connectivity index (χ0n) is 12.8. The second-order valence-electron chi connectivity index (χ2n) is 6.46. The summed E-state index contributed by atoms with van der Waals surface area (Å²) in [5.74, 6) is -0.865. The van der Waals surface area contributed by atoms with Gasteiger partial charge in [0.2, 0.25) is 0 Å². The van der Waals surface area contributed by atoms with Crippen LogP contribution in [0.2, 0.25) is 0 Å². The van der Waals surface area contributed by atoms with Crippen molar-refractivity contribution in [3.63, 3.8) is 0 Å². The number of hydrogen-bond acceptors (Lipinski definition) is 4. The Morgan fingerprint density at radius 3 is 2.48 bits per heavy atom. The van der Waals surface area contributed by atoms with Gasteiger partial charge in [0.15, 0.2) is 0 Å². The molecule has 0 aliphatic carbocycles. The molecule has 6 heteroatoms. The minimum Gasteiger partial charge on any atom is -0.481 e. The number of aliphatic carboxylic acids is 1. The lowest BCUT2D eigenvalue weighted by molar-refractivity contribution is -0.385. The molecule has 0 fully saturated rings. The summed E-state index contributed by atoms with van der Waals surface area (Å²) in [6.07, 6.45) is 0.697. The number of nitro benzene ring substituents is 1. The van der Waals surface area contributed by atoms with Gasteiger partial charge in [-0.2, -0.15) is 0 Å². The van der Waals surface area contributed by atoms with Crippen LogP contribution in [0.5, 0.6) is 0 Å². The number of carboxylic acid groups (broad SMARTS) is 1. The van der Waals surface area contributed by atoms with Crippen LogP contribution in [-0.4, -0.2) is 22.0 Å². The van der Waals surface area contributed by atoms with E-state index in [-0.39, 0.29) is 23.6 Å². The van der Waals surface area contributed by atoms with Crippen molar-refractivity contribution in [3.05, 3.63) is 33.9 Å². The van der Waals surface area contributed by atoms with Crippen molar-refractivity contribution in [2.24, 2.45) is 5.41 Å². The third-order valence-electron chi connectivity index (χ3n) is 3.04. The fourth-order valence-electron chi connectivity index (χ4n) is 2.31. The summed E-state index contributed by atoms with van der Waals surface area (Å²) < 4.78 is 0. The molecule has 0 bridgehead atoms. The maximum absolute atomic E-state index is 11.0. The molecule has 0 spiro atoms. The molecular weight excluding hydrogens is 272 g/mol. The van der Waals surface area contributed by atoms with Crippen LogP contribution in [0.15, 0.2) is 18.2 Å². The van der Waals surface area contributed by atoms with E-state index in [1.165, 1.54) is 6.07 Å². The molecule has 1 atom stereocenters. The molecule has 1 unspecified atom stereocenters. The van der Waals surface area contributed by atoms with Gasteiger partial charge in [-0.3, -0.25) is 14.9 Å². The number of rotatable bonds is 6. The maximum Gasteiger partial charge on any atom is 0.305 e. The van der Waals surface area contributed by atoms with Crippen LogP contribution < -0.4 is 5.32 Å². The van der Waals surface area contributed by atoms with Gasteiger partial charge in [0.1, 0.15) is 0 Å². The number of carboxylic acids is 1. The first-order chi connectivity index (χ1) is 9.58. The summed E-state index contributed by atoms with van der Waals surface area (Å²) in [5.41, 5.74) is 1.30. The van der Waals surface area contributed by atoms with Gasteiger partial charge in [0.25, 0.3) is 5.69 Å². The van der Waals surface area contributed by atoms with Crippen molar-refractivity contribution in [3.8, 4) is 0 Å². The Labute approximate surface area is 124 Å². The Morgan fingerprint density at radius 1 is 1.43 bits per heavy atom. The highest BCUT2D eigenvalue weighted by molar-refractivity contribution is 5.68. The van der Waals surface area contributed by atoms with E-state index in [4.69, 9.17) is 5.11 Å². The summed E-state index contributed by atoms with van der Waals surface area (Å²) in [5, 5.41) is 23.0. The molecule has 0 saturated heterocycles. The third kappa shape index (κ3) is 5.81. The zero-order chi connectivity index (χ0) is 16.2. The maximum atomic E-state index is 11.0. The van der Waals surface area contributed by atoms with Gasteiger partial charge in [-0.05, 0) is 30.9 Å². The third-order valence-corrected chi connectivity index (χ3v) is 3.04. The number of carbonyl (C=O) groups is 1. The Morgan fingerprint density at radius 2 is 2.05 bits per heavy atom. The average molecular weight is 294 g/mol. The lowest BCUT2D eigenvalue weighted by atomic mass is 9.87. The second kappa shape index (κ2) is 6.56. The topological polar surface area (TPSA) is 92.5 Å². The molecule has 1 rings (SSSR count). The quantitative estimate of drug-likeness (QED) is 0.617. The molecule has 116 valence electrons. The van der Waals surface area contributed by atoms with Gasteiger partial charge in [-0.1, -0.05) is 20.8 Å². The number of nitrogens with one attached hydrogen (secondary N) is 1. The first-order valence-electron chi connectivity index (χ1n) is 6.82. The summed E-state index contributed by atoms with van der Waals surface area (Å²) >= 11 is 0. The smallest absolute Gasteiger partial charge is 0.305 e. The van der Waals surface area contributed by atoms with Gasteiger partial charge in [-0.15, -0.1) is 0 Å². The average Bonchev–Trinajstić information content (AvgIpc) is 2.24. The van der Waals surface area contributed by atoms with Crippen LogP contribution in [0, 0.1) is 22.5 Å². The lowest BCUT2D eigenvalue weighted by Gasteiger charge is -2.26. The van der Waals surface area contributed by atoms with Crippen molar-refractivity contribution in [2.75, 3.05) is 5.32 Å². The molecule has 6 nitrogen and oxygen atoms in total. The highest BCUT2D eigenvalue weighted by Crippen LogP contribution is 2.27. The molecule has 0 aliphatic heterocycles. The number of anilines is 1. The lowest BCUT2D eigenvalue weighted by Crippen LogP contribution is -2.28. The Hall–Kier alpha value is -2.11. The Kier molecular flexibility index (Phi) is 5.29. The predicted octanol–water partition coefficient (Wildman–Crippen LogP) is 3.59. The molecule has 0 heterocycles. The van der Waals surface area contributed by atoms with E-state index < -0.39 is 10.9 Å². The van der Waals surface area contributed by atoms with E-state index in [9.17, 15) is 14.9 Å². The van der Waals surface area contributed by atoms with Crippen LogP contribution in [0.4, 0.5) is 11.4 Å². The van der Waals surface area contributed by atoms with Crippen molar-refractivity contribution in [1.82, 2.24) is 0 Å². The van der Waals surface area contributed by atoms with E-state index >= 15 is 0 Å². The van der Waals surface area contributed by atoms with E-state index in [2.05, 4.69) is 5.32 Å². The predicted molar refractivity (Wildman–Crippen MR) is 81.6 cm³/mol. The first-order valence-corrected chi connectivity index (χ1v) is 6.82. The highest BCUT2D eigenvalue weighted by Gasteiger charge is 2.21. The fraction of sp³-hybridized carbons (Fsp3) is 0.533. The van der Waals surface area contributed by atoms with E-state index in [1.54, 1.807) is 19.1 Å². The molecule has 0 radical (unpaired) electrons. The van der Waals surface area contributed by atoms with Crippen molar-refractivity contribution < 1.29 is 14.8 Å². The minimum absolute atomic E-state index is 0.00725. The van der Waals surface area contributed by atoms with Crippen molar-refractivity contribution >= 4 is 17.3 Å². The zero-order valence-corrected chi connectivity index (χ0v) is 12.8. The fourth-order valence-corrected chi connectivity index (χ4v) is 2.31. The number of benzene rings is 1. The summed E-state index contributed by atoms with van der Waals surface area (Å²) in [7, 11) is 0. The van der Waals surface area contributed by atoms with E-state index in [0.717, 1.165) is 0 Å². The molecule has 0 aromatic heterocycles. The van der Waals surface area contributed by atoms with Crippen molar-refractivity contribution in [2.45, 2.75) is 46.6 Å². The molecule has 0 saturated carbocycles. The molecular formula is C15H22N2O4. The molecule has 0 aliphatic rings. The molecule has 1 aromatic carbocycles. The number of aryl methyl sites for hydroxylation is 1. The molecule has 1 aromatic rings. The number of hydrogen-bond donors (Lipinski definition) is 2. The highest BCUT2D eigenvalue weighted by atomic mass is 16.6. The first kappa shape index (κ1) is 16.9. The molecule has 21 heavy (non-hydrogen) atoms. The van der Waals surface area contributed by atoms with Gasteiger partial charge >= 0.3 is 5.97 Å². The van der Waals surface area contributed by atoms with Gasteiger partial charge in [0, 0.05) is 23.4 Å². The van der Waals surface area contributed by atoms with Crippen LogP contribution in [0.25, 0.3) is 0 Å². The molecule has 0 amide bonds. The van der Waals surface area contributed by atoms with Crippen LogP contribution in [-0.2, 0) is 4.79 Å². The van der Waals surface area contributed by atoms with E-state index in [0.29, 0.717) is 17.7 Å². The second-order valence-corrected chi connectivity index (χ2v) is 6.46. The summed E-state index contributed by atoms with van der Waals surface area (Å²) in [4.78, 5) is 21.3. The van der Waals surface area contributed by atoms with Gasteiger partial charge in [-0.25, -0.2) is 0 Å². The monoisotopic (exact) mass is 294 g/mol. The van der Waals surface area contributed by atoms with Crippen LogP contribution >= 0.6 is 0 Å². The van der Waals surface area contributed by atoms with Gasteiger partial charge < -0.3 is 10.4 Å². The minimum atomic E-state index is -0.865. The van der Waals surface area contributed by atoms with Gasteiger partial charge in [0.05, 0.1) is 11.3 Å². The standard InChI is InChI=1S/C15H22N2O4/c1-10-7-11(5-6-13(10)17(20)21)16-12(8-14(18)19)9-15(2,3)4/h5-7,12,16H,8-9H2,1-4H3,(H,18,19). The number of nitrogens with zero attached hydrogens (tertiary/aromatic N) is 1. The van der Waals surface area contributed by atoms with Crippen molar-refractivity contribution in [1.29, 1.82) is 0 Å². The summed E-state index contributed by atoms with van der Waals surface area (Å²) in [6, 6.07) is 4.51. The Balaban J connectivity index is 2.90. The number of nitro groups is 1. The molecule has 2 N–H and O–H groups in total. The SMILES string of the molecule is Cc1cc(NC(CC(=O)O)CC(C)(C)C)ccc1[N+](=O)[O-]. The normalized spacial score (nSPS) is 12.8. The Bertz CT molecular complexity index is 535. The van der Waals surface area contributed by atoms with E-state index in [1.807, 2.05) is 20.8 Å². The van der Waals surface area contributed by atoms with Crippen LogP contribution in [0.1, 0.15) is 39.2 Å². The van der Waals surface area contributed by atoms with Crippen LogP contribution in [0.3, 0.4) is 0 Å². The largest absolute Gasteiger partial charge is 0.481 e.